The minimum atomic E-state index is -0.733. The van der Waals surface area contributed by atoms with Crippen LogP contribution in [0.25, 0.3) is 5.76 Å². The van der Waals surface area contributed by atoms with Gasteiger partial charge in [0.05, 0.1) is 11.6 Å². The number of hydrogen-bond acceptors (Lipinski definition) is 3. The van der Waals surface area contributed by atoms with Gasteiger partial charge in [-0.05, 0) is 60.9 Å². The van der Waals surface area contributed by atoms with Crippen molar-refractivity contribution in [3.05, 3.63) is 106 Å². The lowest BCUT2D eigenvalue weighted by Crippen LogP contribution is -2.30. The number of hydrogen-bond donors (Lipinski definition) is 1. The summed E-state index contributed by atoms with van der Waals surface area (Å²) in [5.41, 5.74) is 3.72. The molecular formula is C25H20ClNO3. The van der Waals surface area contributed by atoms with Gasteiger partial charge in [-0.2, -0.15) is 0 Å². The number of aliphatic hydroxyl groups excluding tert-OH is 1. The summed E-state index contributed by atoms with van der Waals surface area (Å²) < 4.78 is 0. The molecule has 150 valence electrons. The standard InChI is InChI=1S/C25H20ClNO3/c1-15-7-3-5-9-19(15)22-21(23(28)17-11-13-18(26)14-12-17)24(29)25(30)27(22)20-10-6-4-8-16(20)2/h3-14,22,28H,1-2H3/b23-21+. The van der Waals surface area contributed by atoms with Crippen LogP contribution in [0.3, 0.4) is 0 Å². The zero-order valence-corrected chi connectivity index (χ0v) is 17.4. The highest BCUT2D eigenvalue weighted by atomic mass is 35.5. The number of anilines is 1. The first-order chi connectivity index (χ1) is 14.4. The molecule has 1 N–H and O–H groups in total. The minimum Gasteiger partial charge on any atom is -0.507 e. The van der Waals surface area contributed by atoms with Gasteiger partial charge in [0, 0.05) is 16.3 Å². The number of amides is 1. The van der Waals surface area contributed by atoms with Gasteiger partial charge in [0.1, 0.15) is 5.76 Å². The fraction of sp³-hybridized carbons (Fsp3) is 0.120. The number of halogens is 1. The number of Topliss-reactive ketones (excluding diaryl/α,β-unsaturated/α-hetero) is 1. The van der Waals surface area contributed by atoms with E-state index in [9.17, 15) is 14.7 Å². The van der Waals surface area contributed by atoms with E-state index in [1.54, 1.807) is 24.3 Å². The van der Waals surface area contributed by atoms with Crippen molar-refractivity contribution in [1.82, 2.24) is 0 Å². The molecule has 1 aliphatic heterocycles. The SMILES string of the molecule is Cc1ccccc1C1/C(=C(\O)c2ccc(Cl)cc2)C(=O)C(=O)N1c1ccccc1C. The molecule has 1 atom stereocenters. The molecule has 3 aromatic carbocycles. The maximum atomic E-state index is 13.2. The van der Waals surface area contributed by atoms with Gasteiger partial charge in [-0.25, -0.2) is 0 Å². The Hall–Kier alpha value is -3.37. The van der Waals surface area contributed by atoms with Crippen molar-refractivity contribution in [3.63, 3.8) is 0 Å². The van der Waals surface area contributed by atoms with E-state index in [2.05, 4.69) is 0 Å². The minimum absolute atomic E-state index is 0.0693. The normalized spacial score (nSPS) is 18.1. The van der Waals surface area contributed by atoms with Crippen molar-refractivity contribution in [2.45, 2.75) is 19.9 Å². The Morgan fingerprint density at radius 1 is 0.867 bits per heavy atom. The summed E-state index contributed by atoms with van der Waals surface area (Å²) in [5.74, 6) is -1.58. The molecule has 0 aromatic heterocycles. The number of aryl methyl sites for hydroxylation is 2. The lowest BCUT2D eigenvalue weighted by Gasteiger charge is -2.27. The van der Waals surface area contributed by atoms with Crippen molar-refractivity contribution in [2.75, 3.05) is 4.90 Å². The number of rotatable bonds is 3. The fourth-order valence-electron chi connectivity index (χ4n) is 3.87. The summed E-state index contributed by atoms with van der Waals surface area (Å²) in [5, 5.41) is 11.6. The summed E-state index contributed by atoms with van der Waals surface area (Å²) in [7, 11) is 0. The Balaban J connectivity index is 1.99. The van der Waals surface area contributed by atoms with E-state index in [1.807, 2.05) is 62.4 Å². The Morgan fingerprint density at radius 3 is 2.10 bits per heavy atom. The predicted molar refractivity (Wildman–Crippen MR) is 119 cm³/mol. The van der Waals surface area contributed by atoms with Crippen molar-refractivity contribution in [1.29, 1.82) is 0 Å². The largest absolute Gasteiger partial charge is 0.507 e. The molecule has 30 heavy (non-hydrogen) atoms. The first kappa shape index (κ1) is 19.9. The lowest BCUT2D eigenvalue weighted by atomic mass is 9.92. The molecule has 3 aromatic rings. The van der Waals surface area contributed by atoms with Crippen LogP contribution in [0.15, 0.2) is 78.4 Å². The number of benzene rings is 3. The van der Waals surface area contributed by atoms with Crippen LogP contribution in [0.1, 0.15) is 28.3 Å². The molecule has 1 fully saturated rings. The van der Waals surface area contributed by atoms with E-state index >= 15 is 0 Å². The van der Waals surface area contributed by atoms with Crippen LogP contribution in [-0.2, 0) is 9.59 Å². The van der Waals surface area contributed by atoms with E-state index < -0.39 is 17.7 Å². The van der Waals surface area contributed by atoms with E-state index in [0.717, 1.165) is 16.7 Å². The van der Waals surface area contributed by atoms with Crippen molar-refractivity contribution in [2.24, 2.45) is 0 Å². The number of ketones is 1. The molecule has 4 nitrogen and oxygen atoms in total. The smallest absolute Gasteiger partial charge is 0.300 e. The van der Waals surface area contributed by atoms with Gasteiger partial charge >= 0.3 is 0 Å². The maximum absolute atomic E-state index is 13.2. The van der Waals surface area contributed by atoms with Gasteiger partial charge < -0.3 is 5.11 Å². The molecule has 0 spiro atoms. The summed E-state index contributed by atoms with van der Waals surface area (Å²) >= 11 is 5.97. The topological polar surface area (TPSA) is 57.6 Å². The second-order valence-electron chi connectivity index (χ2n) is 7.32. The monoisotopic (exact) mass is 417 g/mol. The predicted octanol–water partition coefficient (Wildman–Crippen LogP) is 5.58. The first-order valence-electron chi connectivity index (χ1n) is 9.58. The Kier molecular flexibility index (Phi) is 5.18. The van der Waals surface area contributed by atoms with Crippen LogP contribution in [0.4, 0.5) is 5.69 Å². The zero-order valence-electron chi connectivity index (χ0n) is 16.6. The van der Waals surface area contributed by atoms with Crippen LogP contribution < -0.4 is 4.90 Å². The summed E-state index contributed by atoms with van der Waals surface area (Å²) in [6.07, 6.45) is 0. The molecule has 0 saturated carbocycles. The van der Waals surface area contributed by atoms with Crippen LogP contribution in [0, 0.1) is 13.8 Å². The van der Waals surface area contributed by atoms with E-state index in [-0.39, 0.29) is 11.3 Å². The third-order valence-electron chi connectivity index (χ3n) is 5.42. The van der Waals surface area contributed by atoms with Crippen molar-refractivity contribution in [3.8, 4) is 0 Å². The number of carbonyl (C=O) groups excluding carboxylic acids is 2. The maximum Gasteiger partial charge on any atom is 0.300 e. The second-order valence-corrected chi connectivity index (χ2v) is 7.76. The number of carbonyl (C=O) groups is 2. The van der Waals surface area contributed by atoms with Crippen LogP contribution in [0.2, 0.25) is 5.02 Å². The summed E-state index contributed by atoms with van der Waals surface area (Å²) in [6.45, 7) is 3.82. The van der Waals surface area contributed by atoms with Gasteiger partial charge in [-0.1, -0.05) is 54.1 Å². The number of aliphatic hydroxyl groups is 1. The Morgan fingerprint density at radius 2 is 1.47 bits per heavy atom. The van der Waals surface area contributed by atoms with Gasteiger partial charge in [-0.3, -0.25) is 14.5 Å². The summed E-state index contributed by atoms with van der Waals surface area (Å²) in [6, 6.07) is 20.8. The van der Waals surface area contributed by atoms with E-state index in [4.69, 9.17) is 11.6 Å². The molecule has 0 radical (unpaired) electrons. The quantitative estimate of drug-likeness (QED) is 0.343. The van der Waals surface area contributed by atoms with Gasteiger partial charge in [0.2, 0.25) is 0 Å². The summed E-state index contributed by atoms with van der Waals surface area (Å²) in [4.78, 5) is 27.8. The molecule has 1 amide bonds. The average Bonchev–Trinajstić information content (AvgIpc) is 2.99. The molecule has 5 heteroatoms. The van der Waals surface area contributed by atoms with Gasteiger partial charge in [0.25, 0.3) is 11.7 Å². The molecule has 1 saturated heterocycles. The van der Waals surface area contributed by atoms with E-state index in [1.165, 1.54) is 4.90 Å². The highest BCUT2D eigenvalue weighted by Crippen LogP contribution is 2.43. The lowest BCUT2D eigenvalue weighted by molar-refractivity contribution is -0.132. The third kappa shape index (κ3) is 3.29. The molecule has 1 unspecified atom stereocenters. The molecular weight excluding hydrogens is 398 g/mol. The first-order valence-corrected chi connectivity index (χ1v) is 9.96. The molecule has 1 heterocycles. The van der Waals surface area contributed by atoms with E-state index in [0.29, 0.717) is 16.3 Å². The molecule has 0 aliphatic carbocycles. The molecule has 0 bridgehead atoms. The zero-order chi connectivity index (χ0) is 21.4. The Bertz CT molecular complexity index is 1180. The molecule has 4 rings (SSSR count). The second kappa shape index (κ2) is 7.81. The number of nitrogens with zero attached hydrogens (tertiary/aromatic N) is 1. The van der Waals surface area contributed by atoms with Gasteiger partial charge in [-0.15, -0.1) is 0 Å². The van der Waals surface area contributed by atoms with Crippen molar-refractivity contribution < 1.29 is 14.7 Å². The highest BCUT2D eigenvalue weighted by molar-refractivity contribution is 6.51. The van der Waals surface area contributed by atoms with Crippen molar-refractivity contribution >= 4 is 34.7 Å². The Labute approximate surface area is 180 Å². The highest BCUT2D eigenvalue weighted by Gasteiger charge is 2.47. The average molecular weight is 418 g/mol. The van der Waals surface area contributed by atoms with Crippen LogP contribution >= 0.6 is 11.6 Å². The fourth-order valence-corrected chi connectivity index (χ4v) is 3.99. The molecule has 1 aliphatic rings. The van der Waals surface area contributed by atoms with Gasteiger partial charge in [0.15, 0.2) is 0 Å². The number of para-hydroxylation sites is 1. The van der Waals surface area contributed by atoms with Crippen LogP contribution in [0.5, 0.6) is 0 Å². The third-order valence-corrected chi connectivity index (χ3v) is 5.67. The van der Waals surface area contributed by atoms with Crippen LogP contribution in [-0.4, -0.2) is 16.8 Å².